The van der Waals surface area contributed by atoms with Crippen LogP contribution in [0.1, 0.15) is 24.5 Å². The van der Waals surface area contributed by atoms with E-state index < -0.39 is 0 Å². The fourth-order valence-corrected chi connectivity index (χ4v) is 1.93. The number of benzene rings is 1. The van der Waals surface area contributed by atoms with Crippen LogP contribution in [0.4, 0.5) is 0 Å². The van der Waals surface area contributed by atoms with Crippen LogP contribution in [-0.2, 0) is 6.42 Å². The summed E-state index contributed by atoms with van der Waals surface area (Å²) >= 11 is 6.14. The third-order valence-electron chi connectivity index (χ3n) is 2.20. The molecule has 0 heterocycles. The first-order chi connectivity index (χ1) is 7.19. The minimum atomic E-state index is 0.637. The molecule has 1 aromatic rings. The summed E-state index contributed by atoms with van der Waals surface area (Å²) in [5.41, 5.74) is 7.82. The number of hydrogen-bond acceptors (Lipinski definition) is 2. The Morgan fingerprint density at radius 2 is 2.13 bits per heavy atom. The Morgan fingerprint density at radius 3 is 2.73 bits per heavy atom. The lowest BCUT2D eigenvalue weighted by atomic mass is 10.1. The maximum Gasteiger partial charge on any atom is 0.141 e. The van der Waals surface area contributed by atoms with Crippen molar-refractivity contribution >= 4 is 11.6 Å². The highest BCUT2D eigenvalue weighted by atomic mass is 35.5. The molecule has 0 bridgehead atoms. The highest BCUT2D eigenvalue weighted by molar-refractivity contribution is 6.32. The van der Waals surface area contributed by atoms with Crippen molar-refractivity contribution in [3.63, 3.8) is 0 Å². The average molecular weight is 228 g/mol. The lowest BCUT2D eigenvalue weighted by molar-refractivity contribution is 0.336. The minimum Gasteiger partial charge on any atom is -0.492 e. The molecule has 0 unspecified atom stereocenters. The monoisotopic (exact) mass is 227 g/mol. The molecule has 3 heteroatoms. The van der Waals surface area contributed by atoms with E-state index in [0.717, 1.165) is 29.7 Å². The predicted octanol–water partition coefficient (Wildman–Crippen LogP) is 2.94. The Balaban J connectivity index is 2.97. The third kappa shape index (κ3) is 3.40. The van der Waals surface area contributed by atoms with Crippen molar-refractivity contribution < 1.29 is 4.74 Å². The van der Waals surface area contributed by atoms with Gasteiger partial charge in [-0.15, -0.1) is 0 Å². The van der Waals surface area contributed by atoms with Gasteiger partial charge in [-0.05, 0) is 50.4 Å². The predicted molar refractivity (Wildman–Crippen MR) is 64.7 cm³/mol. The lowest BCUT2D eigenvalue weighted by Gasteiger charge is -2.12. The molecule has 2 N–H and O–H groups in total. The summed E-state index contributed by atoms with van der Waals surface area (Å²) in [4.78, 5) is 0. The fourth-order valence-electron chi connectivity index (χ4n) is 1.59. The van der Waals surface area contributed by atoms with Crippen LogP contribution in [0, 0.1) is 6.92 Å². The zero-order valence-electron chi connectivity index (χ0n) is 9.35. The van der Waals surface area contributed by atoms with Crippen molar-refractivity contribution in [1.82, 2.24) is 0 Å². The van der Waals surface area contributed by atoms with Crippen LogP contribution < -0.4 is 10.5 Å². The van der Waals surface area contributed by atoms with Gasteiger partial charge in [0.25, 0.3) is 0 Å². The van der Waals surface area contributed by atoms with Crippen LogP contribution in [0.15, 0.2) is 12.1 Å². The summed E-state index contributed by atoms with van der Waals surface area (Å²) < 4.78 is 5.55. The van der Waals surface area contributed by atoms with Gasteiger partial charge in [-0.3, -0.25) is 0 Å². The van der Waals surface area contributed by atoms with E-state index in [1.165, 1.54) is 0 Å². The second kappa shape index (κ2) is 5.99. The van der Waals surface area contributed by atoms with Gasteiger partial charge in [0.05, 0.1) is 11.6 Å². The van der Waals surface area contributed by atoms with Crippen molar-refractivity contribution in [2.75, 3.05) is 13.2 Å². The molecule has 0 aliphatic rings. The fraction of sp³-hybridized carbons (Fsp3) is 0.500. The zero-order chi connectivity index (χ0) is 11.3. The van der Waals surface area contributed by atoms with E-state index in [-0.39, 0.29) is 0 Å². The molecule has 0 aromatic heterocycles. The molecule has 0 spiro atoms. The number of hydrogen-bond donors (Lipinski definition) is 1. The van der Waals surface area contributed by atoms with Gasteiger partial charge in [0.2, 0.25) is 0 Å². The van der Waals surface area contributed by atoms with Gasteiger partial charge in [-0.25, -0.2) is 0 Å². The minimum absolute atomic E-state index is 0.637. The quantitative estimate of drug-likeness (QED) is 0.840. The topological polar surface area (TPSA) is 35.2 Å². The number of rotatable bonds is 5. The second-order valence-electron chi connectivity index (χ2n) is 3.56. The first-order valence-electron chi connectivity index (χ1n) is 5.31. The molecule has 0 radical (unpaired) electrons. The maximum absolute atomic E-state index is 6.14. The molecule has 0 saturated heterocycles. The number of ether oxygens (including phenoxy) is 1. The van der Waals surface area contributed by atoms with E-state index >= 15 is 0 Å². The van der Waals surface area contributed by atoms with Gasteiger partial charge in [-0.1, -0.05) is 17.7 Å². The highest BCUT2D eigenvalue weighted by Crippen LogP contribution is 2.31. The number of nitrogens with two attached hydrogens (primary N) is 1. The SMILES string of the molecule is CCOc1c(Cl)cc(C)cc1CCCN. The molecule has 2 nitrogen and oxygen atoms in total. The average Bonchev–Trinajstić information content (AvgIpc) is 2.19. The van der Waals surface area contributed by atoms with E-state index in [9.17, 15) is 0 Å². The molecule has 0 fully saturated rings. The van der Waals surface area contributed by atoms with Gasteiger partial charge in [0, 0.05) is 0 Å². The van der Waals surface area contributed by atoms with Crippen molar-refractivity contribution in [3.8, 4) is 5.75 Å². The van der Waals surface area contributed by atoms with E-state index in [4.69, 9.17) is 22.1 Å². The summed E-state index contributed by atoms with van der Waals surface area (Å²) in [7, 11) is 0. The maximum atomic E-state index is 6.14. The van der Waals surface area contributed by atoms with Crippen molar-refractivity contribution in [3.05, 3.63) is 28.3 Å². The molecule has 0 saturated carbocycles. The van der Waals surface area contributed by atoms with Gasteiger partial charge >= 0.3 is 0 Å². The Morgan fingerprint density at radius 1 is 1.40 bits per heavy atom. The Kier molecular flexibility index (Phi) is 4.92. The zero-order valence-corrected chi connectivity index (χ0v) is 10.1. The molecule has 0 aliphatic heterocycles. The molecule has 0 amide bonds. The summed E-state index contributed by atoms with van der Waals surface area (Å²) in [6.45, 7) is 5.33. The van der Waals surface area contributed by atoms with Crippen LogP contribution in [0.3, 0.4) is 0 Å². The summed E-state index contributed by atoms with van der Waals surface area (Å²) in [5, 5.41) is 0.698. The molecular weight excluding hydrogens is 210 g/mol. The first-order valence-corrected chi connectivity index (χ1v) is 5.68. The molecule has 84 valence electrons. The third-order valence-corrected chi connectivity index (χ3v) is 2.48. The van der Waals surface area contributed by atoms with Gasteiger partial charge in [-0.2, -0.15) is 0 Å². The normalized spacial score (nSPS) is 10.4. The van der Waals surface area contributed by atoms with Crippen LogP contribution in [0.25, 0.3) is 0 Å². The van der Waals surface area contributed by atoms with Gasteiger partial charge < -0.3 is 10.5 Å². The van der Waals surface area contributed by atoms with Crippen LogP contribution in [0.2, 0.25) is 5.02 Å². The van der Waals surface area contributed by atoms with Crippen molar-refractivity contribution in [2.45, 2.75) is 26.7 Å². The second-order valence-corrected chi connectivity index (χ2v) is 3.97. The van der Waals surface area contributed by atoms with Crippen molar-refractivity contribution in [1.29, 1.82) is 0 Å². The highest BCUT2D eigenvalue weighted by Gasteiger charge is 2.08. The summed E-state index contributed by atoms with van der Waals surface area (Å²) in [6, 6.07) is 4.05. The Labute approximate surface area is 96.4 Å². The summed E-state index contributed by atoms with van der Waals surface area (Å²) in [6.07, 6.45) is 1.88. The lowest BCUT2D eigenvalue weighted by Crippen LogP contribution is -2.03. The van der Waals surface area contributed by atoms with Gasteiger partial charge in [0.15, 0.2) is 0 Å². The van der Waals surface area contributed by atoms with Crippen LogP contribution in [0.5, 0.6) is 5.75 Å². The standard InChI is InChI=1S/C12H18ClNO/c1-3-15-12-10(5-4-6-14)7-9(2)8-11(12)13/h7-8H,3-6,14H2,1-2H3. The van der Waals surface area contributed by atoms with Gasteiger partial charge in [0.1, 0.15) is 5.75 Å². The van der Waals surface area contributed by atoms with Crippen molar-refractivity contribution in [2.24, 2.45) is 5.73 Å². The van der Waals surface area contributed by atoms with E-state index in [2.05, 4.69) is 6.07 Å². The Bertz CT molecular complexity index is 326. The molecule has 0 atom stereocenters. The molecule has 15 heavy (non-hydrogen) atoms. The molecule has 0 aliphatic carbocycles. The van der Waals surface area contributed by atoms with E-state index in [1.54, 1.807) is 0 Å². The molecule has 1 rings (SSSR count). The number of halogens is 1. The summed E-state index contributed by atoms with van der Waals surface area (Å²) in [5.74, 6) is 0.818. The Hall–Kier alpha value is -0.730. The van der Waals surface area contributed by atoms with E-state index in [1.807, 2.05) is 19.9 Å². The van der Waals surface area contributed by atoms with Crippen LogP contribution in [-0.4, -0.2) is 13.2 Å². The molecule has 1 aromatic carbocycles. The first kappa shape index (κ1) is 12.3. The van der Waals surface area contributed by atoms with Crippen LogP contribution >= 0.6 is 11.6 Å². The smallest absolute Gasteiger partial charge is 0.141 e. The van der Waals surface area contributed by atoms with E-state index in [0.29, 0.717) is 18.2 Å². The largest absolute Gasteiger partial charge is 0.492 e. The molecular formula is C12H18ClNO. The number of aryl methyl sites for hydroxylation is 2.